The van der Waals surface area contributed by atoms with Crippen LogP contribution in [0.3, 0.4) is 0 Å². The van der Waals surface area contributed by atoms with Gasteiger partial charge < -0.3 is 13.9 Å². The number of fused-ring (bicyclic) bond motifs is 9. The summed E-state index contributed by atoms with van der Waals surface area (Å²) >= 11 is 0. The molecule has 242 valence electrons. The Kier molecular flexibility index (Phi) is 6.35. The van der Waals surface area contributed by atoms with Gasteiger partial charge in [0.15, 0.2) is 0 Å². The van der Waals surface area contributed by atoms with E-state index in [-0.39, 0.29) is 6.85 Å². The van der Waals surface area contributed by atoms with Gasteiger partial charge >= 0.3 is 6.85 Å². The third-order valence-electron chi connectivity index (χ3n) is 10.9. The van der Waals surface area contributed by atoms with Crippen LogP contribution in [0.5, 0.6) is 0 Å². The Morgan fingerprint density at radius 2 is 0.769 bits per heavy atom. The van der Waals surface area contributed by atoms with Crippen molar-refractivity contribution in [3.8, 4) is 22.5 Å². The second-order valence-electron chi connectivity index (χ2n) is 13.7. The lowest BCUT2D eigenvalue weighted by atomic mass is 9.45. The second kappa shape index (κ2) is 11.4. The van der Waals surface area contributed by atoms with E-state index in [0.717, 1.165) is 17.1 Å². The van der Waals surface area contributed by atoms with E-state index < -0.39 is 0 Å². The van der Waals surface area contributed by atoms with Gasteiger partial charge in [0.2, 0.25) is 0 Å². The zero-order valence-corrected chi connectivity index (χ0v) is 28.4. The maximum absolute atomic E-state index is 2.57. The zero-order valence-electron chi connectivity index (χ0n) is 28.4. The van der Waals surface area contributed by atoms with Crippen molar-refractivity contribution < 1.29 is 0 Å². The van der Waals surface area contributed by atoms with Crippen molar-refractivity contribution in [1.82, 2.24) is 9.13 Å². The molecule has 52 heavy (non-hydrogen) atoms. The lowest BCUT2D eigenvalue weighted by Gasteiger charge is -2.39. The van der Waals surface area contributed by atoms with Crippen LogP contribution in [0.1, 0.15) is 0 Å². The van der Waals surface area contributed by atoms with Crippen LogP contribution >= 0.6 is 0 Å². The topological polar surface area (TPSA) is 13.1 Å². The van der Waals surface area contributed by atoms with E-state index in [4.69, 9.17) is 0 Å². The van der Waals surface area contributed by atoms with Gasteiger partial charge in [-0.2, -0.15) is 0 Å². The van der Waals surface area contributed by atoms with Crippen LogP contribution in [0.2, 0.25) is 0 Å². The quantitative estimate of drug-likeness (QED) is 0.171. The molecule has 11 rings (SSSR count). The van der Waals surface area contributed by atoms with E-state index in [1.165, 1.54) is 71.4 Å². The van der Waals surface area contributed by atoms with Gasteiger partial charge in [0.05, 0.1) is 22.1 Å². The molecule has 0 fully saturated rings. The van der Waals surface area contributed by atoms with Gasteiger partial charge in [-0.05, 0) is 83.8 Å². The van der Waals surface area contributed by atoms with Gasteiger partial charge in [0.1, 0.15) is 0 Å². The van der Waals surface area contributed by atoms with Crippen LogP contribution < -0.4 is 15.7 Å². The Labute approximate surface area is 302 Å². The minimum atomic E-state index is -0.0651. The number of rotatable bonds is 4. The molecule has 0 bridgehead atoms. The fourth-order valence-corrected chi connectivity index (χ4v) is 8.74. The number of hydrogen-bond donors (Lipinski definition) is 0. The molecule has 0 spiro atoms. The fourth-order valence-electron chi connectivity index (χ4n) is 8.74. The first-order chi connectivity index (χ1) is 25.8. The molecule has 0 saturated heterocycles. The largest absolute Gasteiger partial charge is 0.376 e. The first-order valence-corrected chi connectivity index (χ1v) is 18.0. The van der Waals surface area contributed by atoms with Crippen molar-refractivity contribution in [3.63, 3.8) is 0 Å². The Balaban J connectivity index is 1.31. The van der Waals surface area contributed by atoms with Gasteiger partial charge in [-0.3, -0.25) is 0 Å². The molecule has 0 saturated carbocycles. The average molecular weight is 662 g/mol. The summed E-state index contributed by atoms with van der Waals surface area (Å²) in [4.78, 5) is 2.57. The standard InChI is InChI=1S/C48H32BN3/c1-5-17-33(18-6-1)49-43-31-46-40(37-25-13-15-27-44(37)50(46)34-19-7-2-8-20-34)29-39(43)42-30-41-38-26-14-16-28-45(38)51(35-21-9-3-10-22-35)47(41)32-48(42)52(49)36-23-11-4-12-24-36/h1-32H. The normalized spacial score (nSPS) is 12.5. The highest BCUT2D eigenvalue weighted by Crippen LogP contribution is 2.46. The van der Waals surface area contributed by atoms with Crippen molar-refractivity contribution in [2.75, 3.05) is 4.81 Å². The molecule has 1 aliphatic heterocycles. The molecule has 10 aromatic rings. The van der Waals surface area contributed by atoms with Gasteiger partial charge in [-0.1, -0.05) is 127 Å². The molecule has 0 radical (unpaired) electrons. The van der Waals surface area contributed by atoms with Gasteiger partial charge in [0, 0.05) is 49.9 Å². The molecule has 8 aromatic carbocycles. The lowest BCUT2D eigenvalue weighted by Crippen LogP contribution is -2.57. The SMILES string of the molecule is c1ccc(B2c3cc4c(cc3-c3cc5c6ccccc6n(-c6ccccc6)c5cc3N2c2ccccc2)c2ccccc2n4-c2ccccc2)cc1. The molecule has 2 aromatic heterocycles. The minimum Gasteiger partial charge on any atom is -0.376 e. The summed E-state index contributed by atoms with van der Waals surface area (Å²) < 4.78 is 4.86. The van der Waals surface area contributed by atoms with Gasteiger partial charge in [-0.15, -0.1) is 0 Å². The van der Waals surface area contributed by atoms with E-state index in [1.807, 2.05) is 0 Å². The van der Waals surface area contributed by atoms with Crippen molar-refractivity contribution in [3.05, 3.63) is 194 Å². The molecule has 1 aliphatic rings. The Morgan fingerprint density at radius 3 is 1.33 bits per heavy atom. The molecular formula is C48H32BN3. The Morgan fingerprint density at radius 1 is 0.327 bits per heavy atom. The van der Waals surface area contributed by atoms with Crippen molar-refractivity contribution in [1.29, 1.82) is 0 Å². The summed E-state index contributed by atoms with van der Waals surface area (Å²) in [5.41, 5.74) is 14.6. The van der Waals surface area contributed by atoms with Crippen LogP contribution in [-0.4, -0.2) is 16.0 Å². The molecule has 4 heteroatoms. The third kappa shape index (κ3) is 4.21. The minimum absolute atomic E-state index is 0.0651. The smallest absolute Gasteiger partial charge is 0.328 e. The number of aromatic nitrogens is 2. The molecule has 0 atom stereocenters. The summed E-state index contributed by atoms with van der Waals surface area (Å²) in [5.74, 6) is 0. The van der Waals surface area contributed by atoms with Crippen LogP contribution in [0.15, 0.2) is 194 Å². The number of nitrogens with zero attached hydrogens (tertiary/aromatic N) is 3. The number of anilines is 2. The monoisotopic (exact) mass is 661 g/mol. The van der Waals surface area contributed by atoms with Crippen molar-refractivity contribution >= 4 is 72.8 Å². The highest BCUT2D eigenvalue weighted by molar-refractivity contribution is 6.91. The van der Waals surface area contributed by atoms with E-state index >= 15 is 0 Å². The fraction of sp³-hybridized carbons (Fsp3) is 0. The van der Waals surface area contributed by atoms with Crippen LogP contribution in [-0.2, 0) is 0 Å². The van der Waals surface area contributed by atoms with Crippen LogP contribution in [0.4, 0.5) is 11.4 Å². The van der Waals surface area contributed by atoms with Gasteiger partial charge in [-0.25, -0.2) is 0 Å². The summed E-state index contributed by atoms with van der Waals surface area (Å²) in [6.45, 7) is -0.0651. The maximum atomic E-state index is 2.57. The molecule has 0 aliphatic carbocycles. The number of benzene rings is 8. The first-order valence-electron chi connectivity index (χ1n) is 18.0. The summed E-state index contributed by atoms with van der Waals surface area (Å²) in [6.07, 6.45) is 0. The highest BCUT2D eigenvalue weighted by atomic mass is 15.1. The molecule has 0 unspecified atom stereocenters. The van der Waals surface area contributed by atoms with E-state index in [9.17, 15) is 0 Å². The first kappa shape index (κ1) is 29.0. The van der Waals surface area contributed by atoms with Crippen molar-refractivity contribution in [2.24, 2.45) is 0 Å². The Bertz CT molecular complexity index is 2740. The van der Waals surface area contributed by atoms with Crippen LogP contribution in [0, 0.1) is 0 Å². The average Bonchev–Trinajstić information content (AvgIpc) is 3.72. The highest BCUT2D eigenvalue weighted by Gasteiger charge is 2.38. The summed E-state index contributed by atoms with van der Waals surface area (Å²) in [6, 6.07) is 71.0. The maximum Gasteiger partial charge on any atom is 0.328 e. The van der Waals surface area contributed by atoms with E-state index in [1.54, 1.807) is 0 Å². The molecule has 0 amide bonds. The Hall–Kier alpha value is -6.78. The summed E-state index contributed by atoms with van der Waals surface area (Å²) in [7, 11) is 0. The lowest BCUT2D eigenvalue weighted by molar-refractivity contribution is 1.18. The van der Waals surface area contributed by atoms with Gasteiger partial charge in [0.25, 0.3) is 0 Å². The van der Waals surface area contributed by atoms with E-state index in [2.05, 4.69) is 208 Å². The number of para-hydroxylation sites is 5. The van der Waals surface area contributed by atoms with Crippen molar-refractivity contribution in [2.45, 2.75) is 0 Å². The third-order valence-corrected chi connectivity index (χ3v) is 10.9. The van der Waals surface area contributed by atoms with E-state index in [0.29, 0.717) is 0 Å². The predicted octanol–water partition coefficient (Wildman–Crippen LogP) is 10.8. The zero-order chi connectivity index (χ0) is 34.2. The summed E-state index contributed by atoms with van der Waals surface area (Å²) in [5, 5.41) is 5.02. The molecular weight excluding hydrogens is 629 g/mol. The molecule has 3 heterocycles. The molecule has 3 nitrogen and oxygen atoms in total. The number of hydrogen-bond acceptors (Lipinski definition) is 1. The predicted molar refractivity (Wildman–Crippen MR) is 221 cm³/mol. The van der Waals surface area contributed by atoms with Crippen LogP contribution in [0.25, 0.3) is 66.1 Å². The second-order valence-corrected chi connectivity index (χ2v) is 13.7. The molecule has 0 N–H and O–H groups in total.